The molecule has 0 aliphatic heterocycles. The molecule has 0 amide bonds. The van der Waals surface area contributed by atoms with Crippen molar-refractivity contribution in [2.45, 2.75) is 18.4 Å². The number of hydrogen-bond acceptors (Lipinski definition) is 4. The molecule has 0 aliphatic carbocycles. The molecule has 2 N–H and O–H groups in total. The van der Waals surface area contributed by atoms with Gasteiger partial charge in [0.05, 0.1) is 29.0 Å². The average molecular weight is 396 g/mol. The summed E-state index contributed by atoms with van der Waals surface area (Å²) in [4.78, 5) is 12.5. The zero-order valence-electron chi connectivity index (χ0n) is 14.2. The number of sulfonamides is 1. The summed E-state index contributed by atoms with van der Waals surface area (Å²) >= 11 is 6.02. The normalized spacial score (nSPS) is 11.8. The number of benzene rings is 2. The molecule has 1 heterocycles. The van der Waals surface area contributed by atoms with E-state index in [-0.39, 0.29) is 10.5 Å². The number of aromatic amines is 1. The molecule has 138 valence electrons. The van der Waals surface area contributed by atoms with Gasteiger partial charge in [0.15, 0.2) is 0 Å². The number of ether oxygens (including phenoxy) is 1. The van der Waals surface area contributed by atoms with E-state index in [4.69, 9.17) is 16.3 Å². The fourth-order valence-corrected chi connectivity index (χ4v) is 4.20. The third-order valence-electron chi connectivity index (χ3n) is 4.03. The molecule has 0 saturated carbocycles. The maximum Gasteiger partial charge on any atom is 0.274 e. The Hall–Kier alpha value is -2.29. The highest BCUT2D eigenvalue weighted by molar-refractivity contribution is 7.92. The molecule has 0 aliphatic rings. The molecule has 0 unspecified atom stereocenters. The highest BCUT2D eigenvalue weighted by atomic mass is 35.5. The number of rotatable bonds is 6. The second-order valence-corrected chi connectivity index (χ2v) is 7.85. The van der Waals surface area contributed by atoms with Gasteiger partial charge < -0.3 is 4.74 Å². The number of methoxy groups -OCH3 is 1. The minimum absolute atomic E-state index is 0.0941. The number of aromatic nitrogens is 2. The van der Waals surface area contributed by atoms with Crippen LogP contribution in [0.4, 0.5) is 5.69 Å². The molecule has 2 aromatic carbocycles. The van der Waals surface area contributed by atoms with Crippen LogP contribution in [0.3, 0.4) is 0 Å². The van der Waals surface area contributed by atoms with E-state index in [2.05, 4.69) is 9.82 Å². The molecule has 0 saturated heterocycles. The van der Waals surface area contributed by atoms with Crippen LogP contribution in [0.1, 0.15) is 5.56 Å². The maximum absolute atomic E-state index is 12.7. The molecule has 3 rings (SSSR count). The highest BCUT2D eigenvalue weighted by Crippen LogP contribution is 2.25. The summed E-state index contributed by atoms with van der Waals surface area (Å²) in [5, 5.41) is 3.73. The fourth-order valence-electron chi connectivity index (χ4n) is 2.65. The number of anilines is 1. The monoisotopic (exact) mass is 395 g/mol. The number of fused-ring (bicyclic) bond motifs is 1. The maximum atomic E-state index is 12.7. The summed E-state index contributed by atoms with van der Waals surface area (Å²) in [6.07, 6.45) is 0. The van der Waals surface area contributed by atoms with Crippen molar-refractivity contribution in [1.29, 1.82) is 0 Å². The first-order chi connectivity index (χ1) is 12.3. The van der Waals surface area contributed by atoms with Crippen molar-refractivity contribution in [1.82, 2.24) is 9.78 Å². The van der Waals surface area contributed by atoms with E-state index in [1.807, 2.05) is 0 Å². The van der Waals surface area contributed by atoms with E-state index in [0.717, 1.165) is 0 Å². The van der Waals surface area contributed by atoms with Crippen LogP contribution in [0.15, 0.2) is 46.1 Å². The summed E-state index contributed by atoms with van der Waals surface area (Å²) < 4.78 is 34.2. The van der Waals surface area contributed by atoms with Crippen molar-refractivity contribution in [3.05, 3.63) is 57.3 Å². The van der Waals surface area contributed by atoms with Crippen molar-refractivity contribution in [2.75, 3.05) is 18.4 Å². The predicted molar refractivity (Wildman–Crippen MR) is 101 cm³/mol. The summed E-state index contributed by atoms with van der Waals surface area (Å²) in [6.45, 7) is 2.41. The van der Waals surface area contributed by atoms with Crippen LogP contribution in [-0.4, -0.2) is 31.9 Å². The molecule has 0 spiro atoms. The van der Waals surface area contributed by atoms with Crippen LogP contribution in [0.25, 0.3) is 10.9 Å². The van der Waals surface area contributed by atoms with Crippen LogP contribution in [0, 0.1) is 6.92 Å². The largest absolute Gasteiger partial charge is 0.383 e. The first-order valence-corrected chi connectivity index (χ1v) is 9.69. The Morgan fingerprint density at radius 2 is 2.04 bits per heavy atom. The van der Waals surface area contributed by atoms with Gasteiger partial charge in [0.1, 0.15) is 0 Å². The van der Waals surface area contributed by atoms with Crippen molar-refractivity contribution in [3.63, 3.8) is 0 Å². The van der Waals surface area contributed by atoms with Gasteiger partial charge in [0.2, 0.25) is 0 Å². The SMILES string of the molecule is COCCn1[nH]c2ccc(NS(=O)(=O)c3cccc(Cl)c3C)cc2c1=O. The Labute approximate surface area is 155 Å². The topological polar surface area (TPSA) is 93.2 Å². The average Bonchev–Trinajstić information content (AvgIpc) is 2.91. The Balaban J connectivity index is 1.97. The Morgan fingerprint density at radius 3 is 2.77 bits per heavy atom. The summed E-state index contributed by atoms with van der Waals surface area (Å²) in [7, 11) is -2.27. The fraction of sp³-hybridized carbons (Fsp3) is 0.235. The van der Waals surface area contributed by atoms with Crippen molar-refractivity contribution >= 4 is 38.2 Å². The van der Waals surface area contributed by atoms with Crippen LogP contribution < -0.4 is 10.3 Å². The minimum Gasteiger partial charge on any atom is -0.383 e. The van der Waals surface area contributed by atoms with E-state index in [1.54, 1.807) is 38.3 Å². The van der Waals surface area contributed by atoms with E-state index in [9.17, 15) is 13.2 Å². The number of nitrogens with one attached hydrogen (secondary N) is 2. The van der Waals surface area contributed by atoms with Crippen LogP contribution >= 0.6 is 11.6 Å². The summed E-state index contributed by atoms with van der Waals surface area (Å²) in [5.74, 6) is 0. The van der Waals surface area contributed by atoms with E-state index in [0.29, 0.717) is 40.3 Å². The van der Waals surface area contributed by atoms with Crippen LogP contribution in [0.2, 0.25) is 5.02 Å². The van der Waals surface area contributed by atoms with Gasteiger partial charge in [-0.3, -0.25) is 14.6 Å². The number of halogens is 1. The molecule has 0 fully saturated rings. The third kappa shape index (κ3) is 3.48. The quantitative estimate of drug-likeness (QED) is 0.671. The van der Waals surface area contributed by atoms with Crippen molar-refractivity contribution in [3.8, 4) is 0 Å². The van der Waals surface area contributed by atoms with Gasteiger partial charge in [0.25, 0.3) is 15.6 Å². The lowest BCUT2D eigenvalue weighted by molar-refractivity contribution is 0.183. The van der Waals surface area contributed by atoms with E-state index >= 15 is 0 Å². The smallest absolute Gasteiger partial charge is 0.274 e. The van der Waals surface area contributed by atoms with Gasteiger partial charge in [-0.2, -0.15) is 0 Å². The predicted octanol–water partition coefficient (Wildman–Crippen LogP) is 2.74. The van der Waals surface area contributed by atoms with Crippen molar-refractivity contribution < 1.29 is 13.2 Å². The lowest BCUT2D eigenvalue weighted by Crippen LogP contribution is -2.19. The molecular formula is C17H18ClN3O4S. The number of nitrogens with zero attached hydrogens (tertiary/aromatic N) is 1. The van der Waals surface area contributed by atoms with Gasteiger partial charge in [-0.1, -0.05) is 17.7 Å². The minimum atomic E-state index is -3.83. The van der Waals surface area contributed by atoms with E-state index < -0.39 is 10.0 Å². The molecule has 0 atom stereocenters. The van der Waals surface area contributed by atoms with Crippen molar-refractivity contribution in [2.24, 2.45) is 0 Å². The van der Waals surface area contributed by atoms with Gasteiger partial charge >= 0.3 is 0 Å². The second-order valence-electron chi connectivity index (χ2n) is 5.79. The van der Waals surface area contributed by atoms with Crippen LogP contribution in [0.5, 0.6) is 0 Å². The molecular weight excluding hydrogens is 378 g/mol. The standard InChI is InChI=1S/C17H18ClN3O4S/c1-11-14(18)4-3-5-16(11)26(23,24)20-12-6-7-15-13(10-12)17(22)21(19-15)8-9-25-2/h3-7,10,19-20H,8-9H2,1-2H3. The summed E-state index contributed by atoms with van der Waals surface area (Å²) in [5.41, 5.74) is 1.14. The zero-order chi connectivity index (χ0) is 18.9. The Morgan fingerprint density at radius 1 is 1.27 bits per heavy atom. The van der Waals surface area contributed by atoms with Gasteiger partial charge in [-0.15, -0.1) is 0 Å². The molecule has 0 bridgehead atoms. The molecule has 1 aromatic heterocycles. The Kier molecular flexibility index (Phi) is 5.08. The summed E-state index contributed by atoms with van der Waals surface area (Å²) in [6, 6.07) is 9.45. The van der Waals surface area contributed by atoms with Gasteiger partial charge in [0, 0.05) is 17.8 Å². The van der Waals surface area contributed by atoms with Gasteiger partial charge in [-0.25, -0.2) is 13.1 Å². The third-order valence-corrected chi connectivity index (χ3v) is 5.96. The first-order valence-electron chi connectivity index (χ1n) is 7.83. The molecule has 3 aromatic rings. The number of H-pyrrole nitrogens is 1. The lowest BCUT2D eigenvalue weighted by Gasteiger charge is -2.11. The zero-order valence-corrected chi connectivity index (χ0v) is 15.8. The van der Waals surface area contributed by atoms with Crippen LogP contribution in [-0.2, 0) is 21.3 Å². The van der Waals surface area contributed by atoms with Gasteiger partial charge in [-0.05, 0) is 42.8 Å². The number of hydrogen-bond donors (Lipinski definition) is 2. The van der Waals surface area contributed by atoms with E-state index in [1.165, 1.54) is 16.8 Å². The molecule has 9 heteroatoms. The lowest BCUT2D eigenvalue weighted by atomic mass is 10.2. The molecule has 7 nitrogen and oxygen atoms in total. The second kappa shape index (κ2) is 7.14. The Bertz CT molecular complexity index is 1120. The highest BCUT2D eigenvalue weighted by Gasteiger charge is 2.19. The first kappa shape index (κ1) is 18.5. The molecule has 0 radical (unpaired) electrons. The molecule has 26 heavy (non-hydrogen) atoms.